The highest BCUT2D eigenvalue weighted by atomic mass is 32.1. The predicted octanol–water partition coefficient (Wildman–Crippen LogP) is 12.0. The highest BCUT2D eigenvalue weighted by Gasteiger charge is 2.17. The molecule has 6 rings (SSSR count). The molecule has 6 aromatic carbocycles. The summed E-state index contributed by atoms with van der Waals surface area (Å²) in [5.41, 5.74) is 10.4. The summed E-state index contributed by atoms with van der Waals surface area (Å²) in [4.78, 5) is 1.95. The molecule has 0 spiro atoms. The van der Waals surface area contributed by atoms with Gasteiger partial charge in [-0.3, -0.25) is 0 Å². The minimum absolute atomic E-state index is 0.155. The van der Waals surface area contributed by atoms with E-state index < -0.39 is 0 Å². The summed E-state index contributed by atoms with van der Waals surface area (Å²) >= 11 is 8.51. The van der Waals surface area contributed by atoms with Gasteiger partial charge in [-0.05, 0) is 109 Å². The molecular formula is C41H43N3S2. The van der Waals surface area contributed by atoms with Crippen molar-refractivity contribution in [2.75, 3.05) is 23.0 Å². The molecule has 0 bridgehead atoms. The predicted molar refractivity (Wildman–Crippen MR) is 206 cm³/mol. The van der Waals surface area contributed by atoms with Crippen molar-refractivity contribution in [2.45, 2.75) is 36.5 Å². The molecule has 46 heavy (non-hydrogen) atoms. The molecule has 0 amide bonds. The topological polar surface area (TPSA) is 36.1 Å². The van der Waals surface area contributed by atoms with Crippen molar-refractivity contribution in [3.8, 4) is 0 Å². The van der Waals surface area contributed by atoms with Crippen LogP contribution < -0.4 is 16.0 Å². The third-order valence-electron chi connectivity index (χ3n) is 7.27. The molecule has 0 aromatic heterocycles. The van der Waals surface area contributed by atoms with Gasteiger partial charge >= 0.3 is 0 Å². The molecule has 0 aliphatic heterocycles. The van der Waals surface area contributed by atoms with E-state index in [0.717, 1.165) is 38.2 Å². The smallest absolute Gasteiger partial charge is 0.0384 e. The normalized spacial score (nSPS) is 10.7. The minimum Gasteiger partial charge on any atom is -0.388 e. The van der Waals surface area contributed by atoms with Crippen LogP contribution in [0.2, 0.25) is 0 Å². The maximum atomic E-state index is 4.37. The van der Waals surface area contributed by atoms with E-state index in [9.17, 15) is 0 Å². The van der Waals surface area contributed by atoms with E-state index >= 15 is 0 Å². The van der Waals surface area contributed by atoms with Crippen molar-refractivity contribution in [1.29, 1.82) is 0 Å². The van der Waals surface area contributed by atoms with Crippen LogP contribution in [0.5, 0.6) is 0 Å². The Bertz CT molecular complexity index is 1630. The molecule has 234 valence electrons. The van der Waals surface area contributed by atoms with Crippen LogP contribution >= 0.6 is 25.3 Å². The van der Waals surface area contributed by atoms with E-state index in [2.05, 4.69) is 151 Å². The van der Waals surface area contributed by atoms with E-state index in [1.54, 1.807) is 0 Å². The zero-order valence-corrected chi connectivity index (χ0v) is 28.7. The van der Waals surface area contributed by atoms with Crippen LogP contribution in [0.15, 0.2) is 161 Å². The van der Waals surface area contributed by atoms with Crippen LogP contribution in [0.25, 0.3) is 0 Å². The van der Waals surface area contributed by atoms with Gasteiger partial charge in [0.2, 0.25) is 0 Å². The highest BCUT2D eigenvalue weighted by molar-refractivity contribution is 7.80. The third-order valence-corrected chi connectivity index (χ3v) is 7.87. The van der Waals surface area contributed by atoms with Gasteiger partial charge in [0.15, 0.2) is 0 Å². The van der Waals surface area contributed by atoms with E-state index in [4.69, 9.17) is 0 Å². The van der Waals surface area contributed by atoms with E-state index in [-0.39, 0.29) is 5.92 Å². The summed E-state index contributed by atoms with van der Waals surface area (Å²) < 4.78 is 0. The Labute approximate surface area is 286 Å². The number of benzene rings is 6. The summed E-state index contributed by atoms with van der Waals surface area (Å²) in [5, 5.41) is 9.99. The average Bonchev–Trinajstić information content (AvgIpc) is 3.10. The first-order valence-electron chi connectivity index (χ1n) is 15.6. The van der Waals surface area contributed by atoms with Gasteiger partial charge in [0, 0.05) is 51.2 Å². The number of anilines is 5. The number of rotatable bonds is 8. The van der Waals surface area contributed by atoms with Crippen LogP contribution in [0.1, 0.15) is 42.0 Å². The standard InChI is InChI=1S/C32H28N2S.C7H9NS.C2H6/c1-23-7-13-27(14-8-23)33-28-15-9-25(10-16-28)32(24-5-3-2-4-6-24)26-11-17-29(18-12-26)34-30-19-21-31(35)22-20-30;1-8-6-2-4-7(9)5-3-6;1-2/h2-22,32-35H,1H3;2-5,8-9H,1H3;1-2H3. The second-order valence-electron chi connectivity index (χ2n) is 10.5. The summed E-state index contributed by atoms with van der Waals surface area (Å²) in [6, 6.07) is 52.6. The van der Waals surface area contributed by atoms with Gasteiger partial charge in [-0.15, -0.1) is 25.3 Å². The molecule has 3 nitrogen and oxygen atoms in total. The molecular weight excluding hydrogens is 599 g/mol. The number of nitrogens with one attached hydrogen (secondary N) is 3. The van der Waals surface area contributed by atoms with Crippen molar-refractivity contribution < 1.29 is 0 Å². The van der Waals surface area contributed by atoms with Crippen molar-refractivity contribution >= 4 is 53.7 Å². The van der Waals surface area contributed by atoms with E-state index in [1.165, 1.54) is 22.3 Å². The summed E-state index contributed by atoms with van der Waals surface area (Å²) in [6.07, 6.45) is 0. The first-order chi connectivity index (χ1) is 22.5. The second kappa shape index (κ2) is 17.8. The molecule has 0 radical (unpaired) electrons. The fraction of sp³-hybridized carbons (Fsp3) is 0.122. The number of hydrogen-bond acceptors (Lipinski definition) is 5. The Morgan fingerprint density at radius 1 is 0.413 bits per heavy atom. The molecule has 6 aromatic rings. The van der Waals surface area contributed by atoms with Crippen LogP contribution in [-0.2, 0) is 0 Å². The number of hydrogen-bond donors (Lipinski definition) is 5. The van der Waals surface area contributed by atoms with Gasteiger partial charge in [0.25, 0.3) is 0 Å². The van der Waals surface area contributed by atoms with Crippen LogP contribution in [0, 0.1) is 6.92 Å². The summed E-state index contributed by atoms with van der Waals surface area (Å²) in [6.45, 7) is 6.10. The van der Waals surface area contributed by atoms with Crippen molar-refractivity contribution in [3.63, 3.8) is 0 Å². The first kappa shape index (κ1) is 34.3. The molecule has 0 heterocycles. The Morgan fingerprint density at radius 2 is 0.739 bits per heavy atom. The minimum atomic E-state index is 0.155. The molecule has 0 aliphatic carbocycles. The maximum absolute atomic E-state index is 4.37. The quantitative estimate of drug-likeness (QED) is 0.0848. The maximum Gasteiger partial charge on any atom is 0.0384 e. The van der Waals surface area contributed by atoms with Gasteiger partial charge in [-0.25, -0.2) is 0 Å². The monoisotopic (exact) mass is 641 g/mol. The fourth-order valence-electron chi connectivity index (χ4n) is 4.88. The molecule has 0 saturated heterocycles. The van der Waals surface area contributed by atoms with Gasteiger partial charge in [0.1, 0.15) is 0 Å². The van der Waals surface area contributed by atoms with Gasteiger partial charge in [0.05, 0.1) is 0 Å². The molecule has 5 heteroatoms. The van der Waals surface area contributed by atoms with Crippen molar-refractivity contribution in [2.24, 2.45) is 0 Å². The lowest BCUT2D eigenvalue weighted by Gasteiger charge is -2.20. The van der Waals surface area contributed by atoms with Crippen LogP contribution in [0.4, 0.5) is 28.4 Å². The Balaban J connectivity index is 0.000000374. The summed E-state index contributed by atoms with van der Waals surface area (Å²) in [7, 11) is 1.90. The lowest BCUT2D eigenvalue weighted by atomic mass is 9.85. The molecule has 0 saturated carbocycles. The van der Waals surface area contributed by atoms with Gasteiger partial charge in [-0.1, -0.05) is 86.1 Å². The Kier molecular flexibility index (Phi) is 13.3. The van der Waals surface area contributed by atoms with Crippen molar-refractivity contribution in [3.05, 3.63) is 174 Å². The number of thiol groups is 2. The largest absolute Gasteiger partial charge is 0.388 e. The molecule has 1 atom stereocenters. The third kappa shape index (κ3) is 10.2. The van der Waals surface area contributed by atoms with Crippen LogP contribution in [-0.4, -0.2) is 7.05 Å². The molecule has 0 fully saturated rings. The van der Waals surface area contributed by atoms with Gasteiger partial charge in [-0.2, -0.15) is 0 Å². The average molecular weight is 642 g/mol. The second-order valence-corrected chi connectivity index (χ2v) is 11.6. The Morgan fingerprint density at radius 3 is 1.13 bits per heavy atom. The zero-order chi connectivity index (χ0) is 32.7. The molecule has 0 aliphatic rings. The molecule has 3 N–H and O–H groups in total. The fourth-order valence-corrected chi connectivity index (χ4v) is 5.18. The molecule has 1 unspecified atom stereocenters. The highest BCUT2D eigenvalue weighted by Crippen LogP contribution is 2.34. The van der Waals surface area contributed by atoms with E-state index in [0.29, 0.717) is 0 Å². The van der Waals surface area contributed by atoms with E-state index in [1.807, 2.05) is 69.4 Å². The van der Waals surface area contributed by atoms with Crippen molar-refractivity contribution in [1.82, 2.24) is 0 Å². The SMILES string of the molecule is CC.CNc1ccc(S)cc1.Cc1ccc(Nc2ccc(C(c3ccccc3)c3ccc(Nc4ccc(S)cc4)cc3)cc2)cc1. The van der Waals surface area contributed by atoms with Gasteiger partial charge < -0.3 is 16.0 Å². The Hall–Kier alpha value is -4.58. The number of aryl methyl sites for hydroxylation is 1. The zero-order valence-electron chi connectivity index (χ0n) is 26.9. The van der Waals surface area contributed by atoms with Crippen LogP contribution in [0.3, 0.4) is 0 Å². The first-order valence-corrected chi connectivity index (χ1v) is 16.5. The lowest BCUT2D eigenvalue weighted by molar-refractivity contribution is 0.978. The summed E-state index contributed by atoms with van der Waals surface area (Å²) in [5.74, 6) is 0.155. The lowest BCUT2D eigenvalue weighted by Crippen LogP contribution is -2.04.